The zero-order valence-electron chi connectivity index (χ0n) is 18.6. The van der Waals surface area contributed by atoms with Gasteiger partial charge in [0.25, 0.3) is 0 Å². The molecule has 0 bridgehead atoms. The summed E-state index contributed by atoms with van der Waals surface area (Å²) in [5, 5.41) is 8.48. The molecular formula is C19H33Cl2N3O9. The Balaban J connectivity index is 1.71. The van der Waals surface area contributed by atoms with Gasteiger partial charge in [-0.15, -0.1) is 0 Å². The maximum absolute atomic E-state index is 8.54. The molecule has 1 heterocycles. The van der Waals surface area contributed by atoms with Crippen molar-refractivity contribution in [3.8, 4) is 6.01 Å². The first-order valence-corrected chi connectivity index (χ1v) is 11.3. The lowest BCUT2D eigenvalue weighted by molar-refractivity contribution is -0.0221. The lowest BCUT2D eigenvalue weighted by atomic mass is 10.6. The van der Waals surface area contributed by atoms with Crippen LogP contribution in [0.15, 0.2) is 0 Å². The van der Waals surface area contributed by atoms with Crippen molar-refractivity contribution in [1.29, 1.82) is 0 Å². The van der Waals surface area contributed by atoms with Crippen LogP contribution in [0.25, 0.3) is 0 Å². The minimum absolute atomic E-state index is 0.0218. The summed E-state index contributed by atoms with van der Waals surface area (Å²) in [4.78, 5) is 11.2. The maximum atomic E-state index is 8.54. The Labute approximate surface area is 203 Å². The summed E-state index contributed by atoms with van der Waals surface area (Å²) in [6.07, 6.45) is 0. The van der Waals surface area contributed by atoms with Gasteiger partial charge in [0.15, 0.2) is 0 Å². The normalized spacial score (nSPS) is 11.2. The van der Waals surface area contributed by atoms with E-state index in [2.05, 4.69) is 15.0 Å². The van der Waals surface area contributed by atoms with Crippen LogP contribution < -0.4 is 4.74 Å². The van der Waals surface area contributed by atoms with Crippen LogP contribution >= 0.6 is 23.2 Å². The molecule has 1 rings (SSSR count). The molecule has 0 saturated heterocycles. The zero-order valence-corrected chi connectivity index (χ0v) is 20.1. The number of hydrogen-bond donors (Lipinski definition) is 1. The molecule has 0 radical (unpaired) electrons. The Morgan fingerprint density at radius 2 is 0.758 bits per heavy atom. The van der Waals surface area contributed by atoms with Gasteiger partial charge in [0, 0.05) is 0 Å². The highest BCUT2D eigenvalue weighted by Crippen LogP contribution is 2.10. The van der Waals surface area contributed by atoms with Gasteiger partial charge in [0.1, 0.15) is 6.61 Å². The highest BCUT2D eigenvalue weighted by Gasteiger charge is 2.03. The van der Waals surface area contributed by atoms with Crippen LogP contribution in [-0.4, -0.2) is 126 Å². The SMILES string of the molecule is OCCOCCOCCOCCOCCOCCOCCOCCOc1nc(Cl)nc(Cl)n1. The van der Waals surface area contributed by atoms with Gasteiger partial charge in [-0.1, -0.05) is 0 Å². The summed E-state index contributed by atoms with van der Waals surface area (Å²) in [6, 6.07) is 0.0520. The summed E-state index contributed by atoms with van der Waals surface area (Å²) in [5.41, 5.74) is 0. The monoisotopic (exact) mass is 517 g/mol. The van der Waals surface area contributed by atoms with Crippen LogP contribution in [-0.2, 0) is 33.2 Å². The van der Waals surface area contributed by atoms with Crippen LogP contribution in [0.1, 0.15) is 0 Å². The zero-order chi connectivity index (χ0) is 23.8. The average Bonchev–Trinajstić information content (AvgIpc) is 2.79. The fourth-order valence-electron chi connectivity index (χ4n) is 2.05. The van der Waals surface area contributed by atoms with E-state index in [0.717, 1.165) is 0 Å². The standard InChI is InChI=1S/C19H33Cl2N3O9/c20-17-22-18(21)24-19(23-17)33-16-15-32-14-13-31-12-11-30-10-9-29-8-7-28-6-5-27-4-3-26-2-1-25/h25H,1-16H2. The van der Waals surface area contributed by atoms with E-state index in [1.54, 1.807) is 0 Å². The van der Waals surface area contributed by atoms with Crippen molar-refractivity contribution < 1.29 is 43.0 Å². The fraction of sp³-hybridized carbons (Fsp3) is 0.842. The molecule has 14 heteroatoms. The molecule has 0 saturated carbocycles. The van der Waals surface area contributed by atoms with Crippen molar-refractivity contribution in [3.63, 3.8) is 0 Å². The number of aliphatic hydroxyl groups is 1. The van der Waals surface area contributed by atoms with Crippen molar-refractivity contribution in [2.24, 2.45) is 0 Å². The van der Waals surface area contributed by atoms with Crippen LogP contribution in [0.5, 0.6) is 6.01 Å². The lowest BCUT2D eigenvalue weighted by Crippen LogP contribution is -2.15. The summed E-state index contributed by atoms with van der Waals surface area (Å²) in [7, 11) is 0. The quantitative estimate of drug-likeness (QED) is 0.193. The van der Waals surface area contributed by atoms with Crippen LogP contribution in [0.2, 0.25) is 10.6 Å². The van der Waals surface area contributed by atoms with Gasteiger partial charge >= 0.3 is 6.01 Å². The minimum atomic E-state index is -0.0298. The Kier molecular flexibility index (Phi) is 20.8. The molecular weight excluding hydrogens is 485 g/mol. The minimum Gasteiger partial charge on any atom is -0.461 e. The van der Waals surface area contributed by atoms with Crippen molar-refractivity contribution >= 4 is 23.2 Å². The molecule has 1 aromatic heterocycles. The Hall–Kier alpha value is -0.930. The van der Waals surface area contributed by atoms with Crippen molar-refractivity contribution in [2.75, 3.05) is 106 Å². The summed E-state index contributed by atoms with van der Waals surface area (Å²) in [5.74, 6) is 0. The Morgan fingerprint density at radius 1 is 0.455 bits per heavy atom. The van der Waals surface area contributed by atoms with Crippen molar-refractivity contribution in [1.82, 2.24) is 15.0 Å². The summed E-state index contributed by atoms with van der Waals surface area (Å²) >= 11 is 11.3. The predicted molar refractivity (Wildman–Crippen MR) is 118 cm³/mol. The molecule has 0 fully saturated rings. The number of rotatable bonds is 24. The summed E-state index contributed by atoms with van der Waals surface area (Å²) in [6.45, 7) is 6.67. The average molecular weight is 518 g/mol. The fourth-order valence-corrected chi connectivity index (χ4v) is 2.40. The smallest absolute Gasteiger partial charge is 0.322 e. The molecule has 0 aliphatic heterocycles. The molecule has 192 valence electrons. The third-order valence-corrected chi connectivity index (χ3v) is 3.82. The van der Waals surface area contributed by atoms with Crippen molar-refractivity contribution in [2.45, 2.75) is 0 Å². The lowest BCUT2D eigenvalue weighted by Gasteiger charge is -2.08. The molecule has 1 aromatic rings. The molecule has 0 amide bonds. The van der Waals surface area contributed by atoms with E-state index >= 15 is 0 Å². The molecule has 0 spiro atoms. The highest BCUT2D eigenvalue weighted by molar-refractivity contribution is 6.31. The first-order chi connectivity index (χ1) is 16.2. The summed E-state index contributed by atoms with van der Waals surface area (Å²) < 4.78 is 42.6. The van der Waals surface area contributed by atoms with Gasteiger partial charge in [0.2, 0.25) is 10.6 Å². The number of nitrogens with zero attached hydrogens (tertiary/aromatic N) is 3. The van der Waals surface area contributed by atoms with Gasteiger partial charge in [-0.3, -0.25) is 0 Å². The molecule has 12 nitrogen and oxygen atoms in total. The molecule has 0 aromatic carbocycles. The molecule has 33 heavy (non-hydrogen) atoms. The number of hydrogen-bond acceptors (Lipinski definition) is 12. The molecule has 0 atom stereocenters. The topological polar surface area (TPSA) is 133 Å². The maximum Gasteiger partial charge on any atom is 0.322 e. The van der Waals surface area contributed by atoms with E-state index in [1.807, 2.05) is 0 Å². The number of ether oxygens (including phenoxy) is 8. The largest absolute Gasteiger partial charge is 0.461 e. The van der Waals surface area contributed by atoms with Crippen molar-refractivity contribution in [3.05, 3.63) is 10.6 Å². The highest BCUT2D eigenvalue weighted by atomic mass is 35.5. The Bertz CT molecular complexity index is 559. The van der Waals surface area contributed by atoms with E-state index in [0.29, 0.717) is 92.5 Å². The first kappa shape index (κ1) is 30.1. The van der Waals surface area contributed by atoms with Crippen LogP contribution in [0.4, 0.5) is 0 Å². The predicted octanol–water partition coefficient (Wildman–Crippen LogP) is 0.666. The van der Waals surface area contributed by atoms with Crippen LogP contribution in [0, 0.1) is 0 Å². The van der Waals surface area contributed by atoms with E-state index in [9.17, 15) is 0 Å². The van der Waals surface area contributed by atoms with Gasteiger partial charge in [0.05, 0.1) is 99.1 Å². The van der Waals surface area contributed by atoms with Crippen LogP contribution in [0.3, 0.4) is 0 Å². The number of halogens is 2. The third-order valence-electron chi connectivity index (χ3n) is 3.49. The molecule has 1 N–H and O–H groups in total. The van der Waals surface area contributed by atoms with E-state index in [4.69, 9.17) is 66.2 Å². The molecule has 0 aliphatic carbocycles. The van der Waals surface area contributed by atoms with E-state index < -0.39 is 0 Å². The number of aromatic nitrogens is 3. The molecule has 0 unspecified atom stereocenters. The second kappa shape index (κ2) is 22.8. The van der Waals surface area contributed by atoms with E-state index in [-0.39, 0.29) is 29.8 Å². The van der Waals surface area contributed by atoms with Gasteiger partial charge in [-0.2, -0.15) is 15.0 Å². The number of aliphatic hydroxyl groups excluding tert-OH is 1. The first-order valence-electron chi connectivity index (χ1n) is 10.6. The second-order valence-electron chi connectivity index (χ2n) is 6.01. The van der Waals surface area contributed by atoms with Gasteiger partial charge < -0.3 is 43.0 Å². The third kappa shape index (κ3) is 20.2. The van der Waals surface area contributed by atoms with E-state index in [1.165, 1.54) is 0 Å². The van der Waals surface area contributed by atoms with Gasteiger partial charge in [-0.25, -0.2) is 0 Å². The van der Waals surface area contributed by atoms with Gasteiger partial charge in [-0.05, 0) is 23.2 Å². The Morgan fingerprint density at radius 3 is 1.09 bits per heavy atom. The molecule has 0 aliphatic rings. The second-order valence-corrected chi connectivity index (χ2v) is 6.69.